The molecule has 4 rings (SSSR count). The largest absolute Gasteiger partial charge is 0.379 e. The minimum absolute atomic E-state index is 0.189. The van der Waals surface area contributed by atoms with Crippen molar-refractivity contribution in [3.05, 3.63) is 63.7 Å². The standard InChI is InChI=1S/C45H67ClN4O16/c1-55-42(56-2)33-66-26-25-65-24-23-64-22-21-63-20-19-62-18-17-61-16-15-60-14-13-59-12-11-58-10-9-57-8-7-34-28-37(46)30-38(29-34)48-45(54)47-31-35-3-4-39-36(27-35)32-50(44(39)53)40-5-6-41(51)49-43(40)52/h3-4,27-30,40,42H,5-26,31-33H2,1-2H3,(H2,47,48,54)(H,49,51,52). The Morgan fingerprint density at radius 3 is 1.67 bits per heavy atom. The summed E-state index contributed by atoms with van der Waals surface area (Å²) >= 11 is 6.34. The van der Waals surface area contributed by atoms with Gasteiger partial charge in [-0.2, -0.15) is 0 Å². The van der Waals surface area contributed by atoms with E-state index in [1.54, 1.807) is 32.4 Å². The highest BCUT2D eigenvalue weighted by Gasteiger charge is 2.39. The number of carbonyl (C=O) groups is 4. The van der Waals surface area contributed by atoms with E-state index in [-0.39, 0.29) is 37.6 Å². The quantitative estimate of drug-likeness (QED) is 0.0501. The van der Waals surface area contributed by atoms with E-state index in [2.05, 4.69) is 16.0 Å². The average Bonchev–Trinajstić information content (AvgIpc) is 3.63. The summed E-state index contributed by atoms with van der Waals surface area (Å²) < 4.78 is 65.2. The Morgan fingerprint density at radius 2 is 1.17 bits per heavy atom. The van der Waals surface area contributed by atoms with Gasteiger partial charge in [-0.15, -0.1) is 0 Å². The molecular weight excluding hydrogens is 888 g/mol. The van der Waals surface area contributed by atoms with Gasteiger partial charge in [-0.25, -0.2) is 4.79 Å². The number of ether oxygens (including phenoxy) is 12. The summed E-state index contributed by atoms with van der Waals surface area (Å²) in [5, 5.41) is 8.43. The summed E-state index contributed by atoms with van der Waals surface area (Å²) in [5.41, 5.74) is 3.49. The molecule has 1 saturated heterocycles. The normalized spacial score (nSPS) is 14.9. The number of hydrogen-bond acceptors (Lipinski definition) is 16. The van der Waals surface area contributed by atoms with E-state index >= 15 is 0 Å². The zero-order valence-electron chi connectivity index (χ0n) is 38.2. The number of amides is 5. The number of halogens is 1. The Hall–Kier alpha value is -3.87. The molecule has 1 unspecified atom stereocenters. The molecule has 5 amide bonds. The molecule has 0 bridgehead atoms. The number of nitrogens with one attached hydrogen (secondary N) is 3. The van der Waals surface area contributed by atoms with Gasteiger partial charge in [0.1, 0.15) is 6.04 Å². The Bertz CT molecular complexity index is 1720. The van der Waals surface area contributed by atoms with Crippen LogP contribution in [0.3, 0.4) is 0 Å². The van der Waals surface area contributed by atoms with E-state index in [1.165, 1.54) is 4.90 Å². The number of piperidine rings is 1. The molecule has 0 saturated carbocycles. The number of imide groups is 1. The number of nitrogens with zero attached hydrogens (tertiary/aromatic N) is 1. The molecule has 1 fully saturated rings. The molecule has 2 aromatic carbocycles. The Kier molecular flexibility index (Phi) is 27.8. The van der Waals surface area contributed by atoms with Crippen molar-refractivity contribution >= 4 is 41.0 Å². The zero-order valence-corrected chi connectivity index (χ0v) is 38.9. The highest BCUT2D eigenvalue weighted by molar-refractivity contribution is 6.31. The van der Waals surface area contributed by atoms with Crippen LogP contribution in [0.25, 0.3) is 0 Å². The predicted molar refractivity (Wildman–Crippen MR) is 239 cm³/mol. The second-order valence-corrected chi connectivity index (χ2v) is 15.2. The van der Waals surface area contributed by atoms with Crippen LogP contribution in [0.4, 0.5) is 10.5 Å². The molecule has 1 atom stereocenters. The first-order chi connectivity index (χ1) is 32.3. The van der Waals surface area contributed by atoms with Crippen LogP contribution in [0.2, 0.25) is 5.02 Å². The fourth-order valence-electron chi connectivity index (χ4n) is 6.54. The van der Waals surface area contributed by atoms with Gasteiger partial charge in [0.25, 0.3) is 5.91 Å². The van der Waals surface area contributed by atoms with E-state index in [1.807, 2.05) is 18.2 Å². The van der Waals surface area contributed by atoms with E-state index in [9.17, 15) is 19.2 Å². The maximum absolute atomic E-state index is 13.0. The molecule has 0 radical (unpaired) electrons. The lowest BCUT2D eigenvalue weighted by atomic mass is 10.0. The highest BCUT2D eigenvalue weighted by Crippen LogP contribution is 2.28. The highest BCUT2D eigenvalue weighted by atomic mass is 35.5. The average molecular weight is 955 g/mol. The molecule has 0 aromatic heterocycles. The van der Waals surface area contributed by atoms with Crippen molar-refractivity contribution in [3.8, 4) is 0 Å². The summed E-state index contributed by atoms with van der Waals surface area (Å²) in [6, 6.07) is 9.51. The van der Waals surface area contributed by atoms with Gasteiger partial charge in [0.05, 0.1) is 132 Å². The number of fused-ring (bicyclic) bond motifs is 1. The monoisotopic (exact) mass is 954 g/mol. The third-order valence-corrected chi connectivity index (χ3v) is 10.1. The first kappa shape index (κ1) is 54.7. The van der Waals surface area contributed by atoms with Gasteiger partial charge in [0.2, 0.25) is 11.8 Å². The first-order valence-electron chi connectivity index (χ1n) is 22.2. The van der Waals surface area contributed by atoms with E-state index < -0.39 is 18.0 Å². The number of rotatable bonds is 38. The third kappa shape index (κ3) is 22.3. The summed E-state index contributed by atoms with van der Waals surface area (Å²) in [6.45, 7) is 9.59. The SMILES string of the molecule is COC(COCCOCCOCCOCCOCCOCCOCCOCCOCCOCCc1cc(Cl)cc(NC(=O)NCc2ccc3c(c2)CN(C2CCC(=O)NC2=O)C3=O)c1)OC. The van der Waals surface area contributed by atoms with Crippen LogP contribution in [0.1, 0.15) is 39.9 Å². The molecule has 3 N–H and O–H groups in total. The van der Waals surface area contributed by atoms with Crippen molar-refractivity contribution in [3.63, 3.8) is 0 Å². The molecule has 2 heterocycles. The van der Waals surface area contributed by atoms with Crippen LogP contribution in [0, 0.1) is 0 Å². The fraction of sp³-hybridized carbons (Fsp3) is 0.644. The number of benzene rings is 2. The van der Waals surface area contributed by atoms with E-state index in [4.69, 9.17) is 68.4 Å². The van der Waals surface area contributed by atoms with Crippen LogP contribution in [-0.2, 0) is 85.9 Å². The summed E-state index contributed by atoms with van der Waals surface area (Å²) in [5.74, 6) is -1.04. The van der Waals surface area contributed by atoms with E-state index in [0.29, 0.717) is 161 Å². The van der Waals surface area contributed by atoms with Crippen molar-refractivity contribution in [2.45, 2.75) is 44.7 Å². The van der Waals surface area contributed by atoms with Crippen LogP contribution in [0.15, 0.2) is 36.4 Å². The number of hydrogen-bond donors (Lipinski definition) is 3. The number of urea groups is 1. The lowest BCUT2D eigenvalue weighted by Crippen LogP contribution is -2.52. The van der Waals surface area contributed by atoms with Crippen molar-refractivity contribution in [1.82, 2.24) is 15.5 Å². The number of anilines is 1. The van der Waals surface area contributed by atoms with Gasteiger partial charge >= 0.3 is 6.03 Å². The van der Waals surface area contributed by atoms with Gasteiger partial charge in [-0.3, -0.25) is 19.7 Å². The van der Waals surface area contributed by atoms with Crippen LogP contribution >= 0.6 is 11.6 Å². The van der Waals surface area contributed by atoms with Gasteiger partial charge in [0.15, 0.2) is 6.29 Å². The summed E-state index contributed by atoms with van der Waals surface area (Å²) in [6.07, 6.45) is 0.698. The maximum atomic E-state index is 13.0. The maximum Gasteiger partial charge on any atom is 0.319 e. The summed E-state index contributed by atoms with van der Waals surface area (Å²) in [4.78, 5) is 51.1. The van der Waals surface area contributed by atoms with Gasteiger partial charge in [-0.05, 0) is 53.8 Å². The first-order valence-corrected chi connectivity index (χ1v) is 22.6. The van der Waals surface area contributed by atoms with Crippen molar-refractivity contribution in [2.75, 3.05) is 152 Å². The molecule has 2 aromatic rings. The molecule has 370 valence electrons. The molecule has 2 aliphatic rings. The predicted octanol–water partition coefficient (Wildman–Crippen LogP) is 2.75. The number of carbonyl (C=O) groups excluding carboxylic acids is 4. The fourth-order valence-corrected chi connectivity index (χ4v) is 6.80. The van der Waals surface area contributed by atoms with Gasteiger partial charge < -0.3 is 72.4 Å². The lowest BCUT2D eigenvalue weighted by Gasteiger charge is -2.29. The Labute approximate surface area is 391 Å². The smallest absolute Gasteiger partial charge is 0.319 e. The zero-order chi connectivity index (χ0) is 47.0. The summed E-state index contributed by atoms with van der Waals surface area (Å²) in [7, 11) is 3.13. The second kappa shape index (κ2) is 33.6. The molecule has 0 spiro atoms. The topological polar surface area (TPSA) is 218 Å². The molecule has 20 nitrogen and oxygen atoms in total. The van der Waals surface area contributed by atoms with Crippen LogP contribution < -0.4 is 16.0 Å². The van der Waals surface area contributed by atoms with Crippen molar-refractivity contribution in [2.24, 2.45) is 0 Å². The van der Waals surface area contributed by atoms with Gasteiger partial charge in [0, 0.05) is 50.0 Å². The van der Waals surface area contributed by atoms with Crippen LogP contribution in [0.5, 0.6) is 0 Å². The van der Waals surface area contributed by atoms with Gasteiger partial charge in [-0.1, -0.05) is 23.7 Å². The minimum atomic E-state index is -0.686. The third-order valence-electron chi connectivity index (χ3n) is 9.92. The molecular formula is C45H67ClN4O16. The Balaban J connectivity index is 0.883. The van der Waals surface area contributed by atoms with Crippen molar-refractivity contribution in [1.29, 1.82) is 0 Å². The van der Waals surface area contributed by atoms with E-state index in [0.717, 1.165) is 16.7 Å². The molecule has 66 heavy (non-hydrogen) atoms. The minimum Gasteiger partial charge on any atom is -0.379 e. The lowest BCUT2D eigenvalue weighted by molar-refractivity contribution is -0.143. The second-order valence-electron chi connectivity index (χ2n) is 14.8. The Morgan fingerprint density at radius 1 is 0.667 bits per heavy atom. The molecule has 2 aliphatic heterocycles. The molecule has 21 heteroatoms. The van der Waals surface area contributed by atoms with Crippen molar-refractivity contribution < 1.29 is 76.0 Å². The molecule has 0 aliphatic carbocycles. The van der Waals surface area contributed by atoms with Crippen LogP contribution in [-0.4, -0.2) is 187 Å². The number of methoxy groups -OCH3 is 2.